The lowest BCUT2D eigenvalue weighted by Gasteiger charge is -1.86. The molecule has 34 N–H and O–H groups in total. The summed E-state index contributed by atoms with van der Waals surface area (Å²) >= 11 is 0. The average Bonchev–Trinajstić information content (AvgIpc) is 3.00. The molecular formula is C36H130N10O10. The minimum absolute atomic E-state index is 0. The predicted octanol–water partition coefficient (Wildman–Crippen LogP) is 7.47. The predicted molar refractivity (Wildman–Crippen MR) is 269 cm³/mol. The van der Waals surface area contributed by atoms with Crippen molar-refractivity contribution in [1.82, 2.24) is 36.9 Å². The zero-order valence-corrected chi connectivity index (χ0v) is 30.6. The standard InChI is InChI=1S/4C5H13N.6CH2O.10CH4.6H3N.4H2O/c4*1-2-3-4-5-6;6*1-2;;;;;;;;;;;;;;;;;;;;/h4*2-6H2,1H3;6*1H2;10*1H4;6*1H3;4*1H2. The Morgan fingerprint density at radius 2 is 0.321 bits per heavy atom. The van der Waals surface area contributed by atoms with Crippen LogP contribution in [0, 0.1) is 0 Å². The van der Waals surface area contributed by atoms with Gasteiger partial charge in [-0.3, -0.25) is 0 Å². The Morgan fingerprint density at radius 1 is 0.250 bits per heavy atom. The number of carbonyl (C=O) groups excluding carboxylic acids is 6. The van der Waals surface area contributed by atoms with E-state index in [0.29, 0.717) is 0 Å². The number of unbranched alkanes of at least 4 members (excludes halogenated alkanes) is 8. The van der Waals surface area contributed by atoms with Gasteiger partial charge in [0, 0.05) is 0 Å². The van der Waals surface area contributed by atoms with Crippen LogP contribution in [0.2, 0.25) is 0 Å². The molecule has 0 rings (SSSR count). The number of hydrogen-bond acceptors (Lipinski definition) is 16. The molecule has 0 aromatic carbocycles. The van der Waals surface area contributed by atoms with Crippen molar-refractivity contribution < 1.29 is 50.7 Å². The normalized spacial score (nSPS) is 4.29. The summed E-state index contributed by atoms with van der Waals surface area (Å²) in [4.78, 5) is 48.0. The van der Waals surface area contributed by atoms with Crippen LogP contribution < -0.4 is 59.8 Å². The summed E-state index contributed by atoms with van der Waals surface area (Å²) in [5.41, 5.74) is 20.9. The van der Waals surface area contributed by atoms with E-state index in [0.717, 1.165) is 26.2 Å². The molecule has 0 spiro atoms. The van der Waals surface area contributed by atoms with Gasteiger partial charge in [-0.05, 0) is 51.9 Å². The molecule has 0 aliphatic carbocycles. The molecule has 0 fully saturated rings. The highest BCUT2D eigenvalue weighted by Crippen LogP contribution is 1.89. The molecule has 20 heteroatoms. The van der Waals surface area contributed by atoms with Crippen LogP contribution in [0.25, 0.3) is 0 Å². The third kappa shape index (κ3) is 1460. The van der Waals surface area contributed by atoms with Crippen molar-refractivity contribution in [2.75, 3.05) is 26.2 Å². The molecule has 56 heavy (non-hydrogen) atoms. The average molecular weight is 863 g/mol. The van der Waals surface area contributed by atoms with E-state index in [-0.39, 0.29) is 133 Å². The molecule has 0 amide bonds. The van der Waals surface area contributed by atoms with Gasteiger partial charge in [0.1, 0.15) is 40.7 Å². The van der Waals surface area contributed by atoms with Crippen LogP contribution in [0.5, 0.6) is 0 Å². The first-order chi connectivity index (χ1) is 17.7. The number of rotatable bonds is 12. The summed E-state index contributed by atoms with van der Waals surface area (Å²) in [5.74, 6) is 0. The smallest absolute Gasteiger partial charge is 0.106 e. The van der Waals surface area contributed by atoms with E-state index in [1.807, 2.05) is 40.7 Å². The molecule has 0 aromatic rings. The number of carbonyl (C=O) groups is 6. The van der Waals surface area contributed by atoms with Crippen molar-refractivity contribution in [3.8, 4) is 0 Å². The van der Waals surface area contributed by atoms with Crippen molar-refractivity contribution in [3.63, 3.8) is 0 Å². The molecule has 0 bridgehead atoms. The van der Waals surface area contributed by atoms with Crippen LogP contribution in [-0.4, -0.2) is 88.8 Å². The Morgan fingerprint density at radius 3 is 0.339 bits per heavy atom. The Kier molecular flexibility index (Phi) is 3660. The van der Waals surface area contributed by atoms with Crippen molar-refractivity contribution in [1.29, 1.82) is 0 Å². The van der Waals surface area contributed by atoms with E-state index in [4.69, 9.17) is 51.7 Å². The second-order valence-corrected chi connectivity index (χ2v) is 5.98. The number of nitrogens with two attached hydrogens (primary N) is 4. The van der Waals surface area contributed by atoms with Crippen molar-refractivity contribution in [2.45, 2.75) is 179 Å². The van der Waals surface area contributed by atoms with Crippen LogP contribution in [0.1, 0.15) is 179 Å². The molecule has 384 valence electrons. The number of hydrogen-bond donors (Lipinski definition) is 10. The lowest BCUT2D eigenvalue weighted by atomic mass is 10.3. The Hall–Kier alpha value is -2.54. The van der Waals surface area contributed by atoms with Gasteiger partial charge in [0.25, 0.3) is 0 Å². The second kappa shape index (κ2) is 767. The van der Waals surface area contributed by atoms with Gasteiger partial charge in [0.05, 0.1) is 0 Å². The van der Waals surface area contributed by atoms with E-state index in [9.17, 15) is 0 Å². The summed E-state index contributed by atoms with van der Waals surface area (Å²) in [6.07, 6.45) is 15.0. The fraction of sp³-hybridized carbons (Fsp3) is 0.833. The third-order valence-corrected chi connectivity index (χ3v) is 3.23. The molecule has 0 heterocycles. The minimum atomic E-state index is 0. The third-order valence-electron chi connectivity index (χ3n) is 3.23. The van der Waals surface area contributed by atoms with Crippen LogP contribution in [0.15, 0.2) is 0 Å². The monoisotopic (exact) mass is 863 g/mol. The topological polar surface area (TPSA) is 542 Å². The SMILES string of the molecule is C.C.C.C.C.C.C.C.C.C.C=O.C=O.C=O.C=O.C=O.C=O.CCCCCN.CCCCCN.CCCCCN.CCCCCN.N.N.N.N.N.N.O.O.O.O. The summed E-state index contributed by atoms with van der Waals surface area (Å²) in [6.45, 7) is 24.1. The quantitative estimate of drug-likeness (QED) is 0.0850. The van der Waals surface area contributed by atoms with Crippen molar-refractivity contribution in [3.05, 3.63) is 0 Å². The molecule has 0 aliphatic rings. The van der Waals surface area contributed by atoms with E-state index in [1.165, 1.54) is 77.0 Å². The molecule has 0 aromatic heterocycles. The van der Waals surface area contributed by atoms with Crippen LogP contribution in [0.3, 0.4) is 0 Å². The first-order valence-corrected chi connectivity index (χ1v) is 12.2. The van der Waals surface area contributed by atoms with Gasteiger partial charge >= 0.3 is 0 Å². The van der Waals surface area contributed by atoms with Crippen molar-refractivity contribution >= 4 is 40.7 Å². The molecule has 0 saturated heterocycles. The Balaban J connectivity index is -0.00000000475. The summed E-state index contributed by atoms with van der Waals surface area (Å²) < 4.78 is 0. The highest BCUT2D eigenvalue weighted by Gasteiger charge is 1.77. The second-order valence-electron chi connectivity index (χ2n) is 5.98. The summed E-state index contributed by atoms with van der Waals surface area (Å²) in [5, 5.41) is 0. The Labute approximate surface area is 356 Å². The first-order valence-electron chi connectivity index (χ1n) is 12.2. The van der Waals surface area contributed by atoms with Gasteiger partial charge in [-0.15, -0.1) is 0 Å². The minimum Gasteiger partial charge on any atom is -0.412 e. The zero-order valence-electron chi connectivity index (χ0n) is 30.6. The van der Waals surface area contributed by atoms with Crippen LogP contribution >= 0.6 is 0 Å². The lowest BCUT2D eigenvalue weighted by Crippen LogP contribution is -1.96. The van der Waals surface area contributed by atoms with Crippen molar-refractivity contribution in [2.24, 2.45) is 22.9 Å². The summed E-state index contributed by atoms with van der Waals surface area (Å²) in [7, 11) is 0. The molecule has 0 aliphatic heterocycles. The lowest BCUT2D eigenvalue weighted by molar-refractivity contribution is -0.0987. The fourth-order valence-corrected chi connectivity index (χ4v) is 1.58. The maximum Gasteiger partial charge on any atom is 0.106 e. The van der Waals surface area contributed by atoms with E-state index >= 15 is 0 Å². The molecule has 20 nitrogen and oxygen atoms in total. The molecule has 0 saturated carbocycles. The molecule has 0 atom stereocenters. The van der Waals surface area contributed by atoms with Crippen LogP contribution in [-0.2, 0) is 28.8 Å². The zero-order chi connectivity index (χ0) is 31.3. The van der Waals surface area contributed by atoms with Gasteiger partial charge in [-0.2, -0.15) is 0 Å². The van der Waals surface area contributed by atoms with E-state index < -0.39 is 0 Å². The Bertz CT molecular complexity index is 205. The molecular weight excluding hydrogens is 732 g/mol. The summed E-state index contributed by atoms with van der Waals surface area (Å²) in [6, 6.07) is 0. The van der Waals surface area contributed by atoms with Gasteiger partial charge in [-0.25, -0.2) is 0 Å². The fourth-order valence-electron chi connectivity index (χ4n) is 1.58. The maximum absolute atomic E-state index is 8.00. The molecule has 0 radical (unpaired) electrons. The first kappa shape index (κ1) is 267. The van der Waals surface area contributed by atoms with Crippen LogP contribution in [0.4, 0.5) is 0 Å². The maximum atomic E-state index is 8.00. The largest absolute Gasteiger partial charge is 0.412 e. The highest BCUT2D eigenvalue weighted by molar-refractivity contribution is 5.11. The highest BCUT2D eigenvalue weighted by atomic mass is 16.1. The van der Waals surface area contributed by atoms with Gasteiger partial charge in [0.15, 0.2) is 0 Å². The van der Waals surface area contributed by atoms with Gasteiger partial charge in [0.2, 0.25) is 0 Å². The van der Waals surface area contributed by atoms with E-state index in [1.54, 1.807) is 0 Å². The molecule has 0 unspecified atom stereocenters. The van der Waals surface area contributed by atoms with E-state index in [2.05, 4.69) is 27.7 Å². The van der Waals surface area contributed by atoms with Gasteiger partial charge in [-0.1, -0.05) is 153 Å². The van der Waals surface area contributed by atoms with Gasteiger partial charge < -0.3 is 111 Å².